The van der Waals surface area contributed by atoms with E-state index in [0.29, 0.717) is 24.5 Å². The van der Waals surface area contributed by atoms with E-state index in [2.05, 4.69) is 22.2 Å². The summed E-state index contributed by atoms with van der Waals surface area (Å²) in [5, 5.41) is 2.78. The lowest BCUT2D eigenvalue weighted by atomic mass is 10.1. The van der Waals surface area contributed by atoms with Crippen LogP contribution in [0.1, 0.15) is 33.7 Å². The number of fused-ring (bicyclic) bond motifs is 1. The van der Waals surface area contributed by atoms with Crippen molar-refractivity contribution in [1.82, 2.24) is 10.0 Å². The van der Waals surface area contributed by atoms with E-state index in [9.17, 15) is 13.2 Å². The monoisotopic (exact) mass is 440 g/mol. The normalized spacial score (nSPS) is 13.0. The summed E-state index contributed by atoms with van der Waals surface area (Å²) in [4.78, 5) is 12.4. The molecule has 4 rings (SSSR count). The molecule has 162 valence electrons. The van der Waals surface area contributed by atoms with E-state index in [1.54, 1.807) is 12.1 Å². The molecule has 1 aliphatic carbocycles. The zero-order chi connectivity index (χ0) is 21.7. The van der Waals surface area contributed by atoms with Gasteiger partial charge in [0.15, 0.2) is 0 Å². The summed E-state index contributed by atoms with van der Waals surface area (Å²) in [5.41, 5.74) is 3.11. The smallest absolute Gasteiger partial charge is 0.251 e. The Morgan fingerprint density at radius 1 is 1.03 bits per heavy atom. The van der Waals surface area contributed by atoms with Gasteiger partial charge in [-0.15, -0.1) is 0 Å². The molecule has 7 nitrogen and oxygen atoms in total. The highest BCUT2D eigenvalue weighted by atomic mass is 32.2. The number of aryl methyl sites for hydroxylation is 2. The minimum Gasteiger partial charge on any atom is -0.492 e. The lowest BCUT2D eigenvalue weighted by Crippen LogP contribution is -2.28. The Labute approximate surface area is 181 Å². The third-order valence-corrected chi connectivity index (χ3v) is 6.59. The summed E-state index contributed by atoms with van der Waals surface area (Å²) >= 11 is 0. The first-order valence-electron chi connectivity index (χ1n) is 10.2. The van der Waals surface area contributed by atoms with Crippen molar-refractivity contribution in [2.75, 3.05) is 13.2 Å². The van der Waals surface area contributed by atoms with Gasteiger partial charge in [-0.3, -0.25) is 4.79 Å². The van der Waals surface area contributed by atoms with Crippen molar-refractivity contribution >= 4 is 15.9 Å². The Morgan fingerprint density at radius 2 is 1.84 bits per heavy atom. The summed E-state index contributed by atoms with van der Waals surface area (Å²) in [5.74, 6) is 1.04. The topological polar surface area (TPSA) is 97.6 Å². The number of nitrogens with one attached hydrogen (secondary N) is 2. The molecule has 0 saturated carbocycles. The second kappa shape index (κ2) is 9.36. The molecular weight excluding hydrogens is 416 g/mol. The van der Waals surface area contributed by atoms with Crippen molar-refractivity contribution in [3.05, 3.63) is 83.3 Å². The van der Waals surface area contributed by atoms with E-state index in [1.807, 2.05) is 6.07 Å². The third-order valence-electron chi connectivity index (χ3n) is 5.17. The number of carbonyl (C=O) groups excluding carboxylic acids is 1. The maximum atomic E-state index is 12.4. The summed E-state index contributed by atoms with van der Waals surface area (Å²) in [6.07, 6.45) is 4.89. The number of carbonyl (C=O) groups is 1. The first-order chi connectivity index (χ1) is 15.0. The van der Waals surface area contributed by atoms with E-state index >= 15 is 0 Å². The molecule has 0 fully saturated rings. The molecule has 0 bridgehead atoms. The van der Waals surface area contributed by atoms with Crippen molar-refractivity contribution in [2.24, 2.45) is 0 Å². The largest absolute Gasteiger partial charge is 0.492 e. The molecular formula is C23H24N2O5S. The molecule has 0 unspecified atom stereocenters. The second-order valence-electron chi connectivity index (χ2n) is 7.32. The number of rotatable bonds is 9. The molecule has 31 heavy (non-hydrogen) atoms. The lowest BCUT2D eigenvalue weighted by Gasteiger charge is -2.10. The minimum absolute atomic E-state index is 0.0573. The fraction of sp³-hybridized carbons (Fsp3) is 0.261. The highest BCUT2D eigenvalue weighted by Crippen LogP contribution is 2.25. The van der Waals surface area contributed by atoms with Crippen LogP contribution in [0.3, 0.4) is 0 Å². The van der Waals surface area contributed by atoms with E-state index < -0.39 is 10.0 Å². The molecule has 2 N–H and O–H groups in total. The van der Waals surface area contributed by atoms with Crippen molar-refractivity contribution in [2.45, 2.75) is 30.7 Å². The van der Waals surface area contributed by atoms with Gasteiger partial charge in [0, 0.05) is 5.56 Å². The standard InChI is InChI=1S/C23H24N2O5S/c26-23(24-12-14-30-20-9-6-17-3-1-4-19(17)15-20)18-7-10-22(11-8-18)31(27,28)25-16-21-5-2-13-29-21/h2,5-11,13,15,25H,1,3-4,12,14,16H2,(H,24,26). The van der Waals surface area contributed by atoms with E-state index in [4.69, 9.17) is 9.15 Å². The van der Waals surface area contributed by atoms with Gasteiger partial charge in [-0.05, 0) is 78.9 Å². The summed E-state index contributed by atoms with van der Waals surface area (Å²) < 4.78 is 38.0. The van der Waals surface area contributed by atoms with Gasteiger partial charge in [0.2, 0.25) is 10.0 Å². The van der Waals surface area contributed by atoms with E-state index in [-0.39, 0.29) is 17.3 Å². The Bertz CT molecular complexity index is 1140. The molecule has 1 aromatic heterocycles. The van der Waals surface area contributed by atoms with Crippen LogP contribution in [0.15, 0.2) is 70.2 Å². The van der Waals surface area contributed by atoms with E-state index in [0.717, 1.165) is 18.6 Å². The third kappa shape index (κ3) is 5.34. The number of sulfonamides is 1. The summed E-state index contributed by atoms with van der Waals surface area (Å²) in [6.45, 7) is 0.760. The van der Waals surface area contributed by atoms with Crippen LogP contribution in [0.5, 0.6) is 5.75 Å². The number of benzene rings is 2. The Hall–Kier alpha value is -3.10. The van der Waals surface area contributed by atoms with Gasteiger partial charge in [-0.25, -0.2) is 13.1 Å². The second-order valence-corrected chi connectivity index (χ2v) is 9.08. The number of hydrogen-bond donors (Lipinski definition) is 2. The van der Waals surface area contributed by atoms with Crippen molar-refractivity contribution in [3.63, 3.8) is 0 Å². The Kier molecular flexibility index (Phi) is 6.39. The van der Waals surface area contributed by atoms with Crippen LogP contribution in [0.4, 0.5) is 0 Å². The fourth-order valence-corrected chi connectivity index (χ4v) is 4.51. The predicted octanol–water partition coefficient (Wildman–Crippen LogP) is 3.06. The molecule has 8 heteroatoms. The van der Waals surface area contributed by atoms with Crippen molar-refractivity contribution < 1.29 is 22.4 Å². The Morgan fingerprint density at radius 3 is 2.61 bits per heavy atom. The minimum atomic E-state index is -3.70. The van der Waals surface area contributed by atoms with Crippen LogP contribution in [0.2, 0.25) is 0 Å². The van der Waals surface area contributed by atoms with Gasteiger partial charge in [-0.1, -0.05) is 6.07 Å². The SMILES string of the molecule is O=C(NCCOc1ccc2c(c1)CCC2)c1ccc(S(=O)(=O)NCc2ccco2)cc1. The van der Waals surface area contributed by atoms with Gasteiger partial charge in [0.25, 0.3) is 5.91 Å². The van der Waals surface area contributed by atoms with Crippen LogP contribution < -0.4 is 14.8 Å². The zero-order valence-corrected chi connectivity index (χ0v) is 17.8. The molecule has 0 spiro atoms. The van der Waals surface area contributed by atoms with Crippen LogP contribution in [-0.2, 0) is 29.4 Å². The predicted molar refractivity (Wildman–Crippen MR) is 115 cm³/mol. The van der Waals surface area contributed by atoms with Crippen LogP contribution in [-0.4, -0.2) is 27.5 Å². The molecule has 3 aromatic rings. The van der Waals surface area contributed by atoms with Gasteiger partial charge in [-0.2, -0.15) is 0 Å². The highest BCUT2D eigenvalue weighted by molar-refractivity contribution is 7.89. The van der Waals surface area contributed by atoms with Gasteiger partial charge >= 0.3 is 0 Å². The van der Waals surface area contributed by atoms with Crippen molar-refractivity contribution in [1.29, 1.82) is 0 Å². The van der Waals surface area contributed by atoms with Gasteiger partial charge < -0.3 is 14.5 Å². The lowest BCUT2D eigenvalue weighted by molar-refractivity contribution is 0.0947. The maximum Gasteiger partial charge on any atom is 0.251 e. The molecule has 0 atom stereocenters. The highest BCUT2D eigenvalue weighted by Gasteiger charge is 2.15. The number of furan rings is 1. The summed E-state index contributed by atoms with van der Waals surface area (Å²) in [7, 11) is -3.70. The van der Waals surface area contributed by atoms with Crippen LogP contribution in [0.25, 0.3) is 0 Å². The van der Waals surface area contributed by atoms with E-state index in [1.165, 1.54) is 48.1 Å². The summed E-state index contributed by atoms with van der Waals surface area (Å²) in [6, 6.07) is 15.3. The average Bonchev–Trinajstić information content (AvgIpc) is 3.47. The maximum absolute atomic E-state index is 12.4. The fourth-order valence-electron chi connectivity index (χ4n) is 3.52. The first-order valence-corrected chi connectivity index (χ1v) is 11.6. The number of hydrogen-bond acceptors (Lipinski definition) is 5. The molecule has 1 amide bonds. The van der Waals surface area contributed by atoms with Crippen LogP contribution >= 0.6 is 0 Å². The molecule has 0 radical (unpaired) electrons. The molecule has 0 aliphatic heterocycles. The Balaban J connectivity index is 1.25. The number of ether oxygens (including phenoxy) is 1. The van der Waals surface area contributed by atoms with Gasteiger partial charge in [0.05, 0.1) is 24.2 Å². The molecule has 1 heterocycles. The van der Waals surface area contributed by atoms with Gasteiger partial charge in [0.1, 0.15) is 18.1 Å². The first kappa shape index (κ1) is 21.1. The quantitative estimate of drug-likeness (QED) is 0.499. The average molecular weight is 441 g/mol. The molecule has 2 aromatic carbocycles. The van der Waals surface area contributed by atoms with Crippen LogP contribution in [0, 0.1) is 0 Å². The van der Waals surface area contributed by atoms with Crippen molar-refractivity contribution in [3.8, 4) is 5.75 Å². The number of amides is 1. The zero-order valence-electron chi connectivity index (χ0n) is 17.0. The molecule has 0 saturated heterocycles. The molecule has 1 aliphatic rings.